The molecule has 5 fully saturated rings. The number of Topliss-reactive ketones (excluding diaryl/α,β-unsaturated/α-hetero) is 1. The van der Waals surface area contributed by atoms with Crippen molar-refractivity contribution < 1.29 is 83.3 Å². The molecule has 2 saturated carbocycles. The first-order chi connectivity index (χ1) is 23.7. The highest BCUT2D eigenvalue weighted by Crippen LogP contribution is 2.73. The molecule has 2 bridgehead atoms. The van der Waals surface area contributed by atoms with Crippen LogP contribution < -0.4 is 0 Å². The number of aliphatic hydroxyl groups excluding tert-OH is 6. The number of carbonyl (C=O) groups excluding carboxylic acids is 4. The molecule has 0 radical (unpaired) electrons. The number of fused-ring (bicyclic) bond motifs is 2. The van der Waals surface area contributed by atoms with Crippen molar-refractivity contribution in [2.24, 2.45) is 28.6 Å². The number of methoxy groups -OCH3 is 1. The summed E-state index contributed by atoms with van der Waals surface area (Å²) < 4.78 is 34.2. The average molecular weight is 727 g/mol. The maximum Gasteiger partial charge on any atom is 0.348 e. The minimum Gasteiger partial charge on any atom is -0.467 e. The Morgan fingerprint density at radius 3 is 2.31 bits per heavy atom. The van der Waals surface area contributed by atoms with Crippen LogP contribution in [0, 0.1) is 28.6 Å². The van der Waals surface area contributed by atoms with Crippen LogP contribution in [-0.2, 0) is 47.6 Å². The van der Waals surface area contributed by atoms with Gasteiger partial charge >= 0.3 is 17.9 Å². The second-order valence-corrected chi connectivity index (χ2v) is 15.5. The Balaban J connectivity index is 1.43. The van der Waals surface area contributed by atoms with Gasteiger partial charge in [-0.15, -0.1) is 0 Å². The first-order valence-corrected chi connectivity index (χ1v) is 16.8. The van der Waals surface area contributed by atoms with Gasteiger partial charge in [0.05, 0.1) is 37.9 Å². The van der Waals surface area contributed by atoms with E-state index in [1.165, 1.54) is 20.8 Å². The summed E-state index contributed by atoms with van der Waals surface area (Å²) in [5.74, 6) is -7.35. The Labute approximate surface area is 292 Å². The molecule has 17 nitrogen and oxygen atoms in total. The molecule has 0 amide bonds. The highest BCUT2D eigenvalue weighted by molar-refractivity contribution is 5.96. The number of carbonyl (C=O) groups is 4. The summed E-state index contributed by atoms with van der Waals surface area (Å²) in [5, 5.41) is 74.9. The van der Waals surface area contributed by atoms with Crippen LogP contribution >= 0.6 is 0 Å². The van der Waals surface area contributed by atoms with Crippen LogP contribution in [0.2, 0.25) is 0 Å². The predicted octanol–water partition coefficient (Wildman–Crippen LogP) is -2.47. The van der Waals surface area contributed by atoms with Crippen molar-refractivity contribution in [3.8, 4) is 0 Å². The summed E-state index contributed by atoms with van der Waals surface area (Å²) in [6, 6.07) is 0. The van der Waals surface area contributed by atoms with Gasteiger partial charge in [0.2, 0.25) is 18.0 Å². The van der Waals surface area contributed by atoms with Crippen LogP contribution in [0.25, 0.3) is 0 Å². The van der Waals surface area contributed by atoms with Gasteiger partial charge < -0.3 is 64.2 Å². The molecule has 3 heterocycles. The first-order valence-electron chi connectivity index (χ1n) is 16.8. The fraction of sp³-hybridized carbons (Fsp3) is 0.765. The molecule has 6 rings (SSSR count). The summed E-state index contributed by atoms with van der Waals surface area (Å²) in [6.07, 6.45) is -14.3. The maximum atomic E-state index is 14.0. The molecule has 284 valence electrons. The minimum absolute atomic E-state index is 0.00228. The normalized spacial score (nSPS) is 46.5. The molecule has 7 N–H and O–H groups in total. The van der Waals surface area contributed by atoms with E-state index in [9.17, 15) is 54.9 Å². The molecule has 51 heavy (non-hydrogen) atoms. The molecule has 17 heteroatoms. The van der Waals surface area contributed by atoms with Crippen LogP contribution in [0.1, 0.15) is 47.5 Å². The summed E-state index contributed by atoms with van der Waals surface area (Å²) in [4.78, 5) is 54.7. The third-order valence-corrected chi connectivity index (χ3v) is 12.4. The van der Waals surface area contributed by atoms with Gasteiger partial charge in [-0.3, -0.25) is 4.79 Å². The van der Waals surface area contributed by atoms with Crippen molar-refractivity contribution in [2.45, 2.75) is 114 Å². The summed E-state index contributed by atoms with van der Waals surface area (Å²) in [5.41, 5.74) is -6.03. The van der Waals surface area contributed by atoms with Crippen LogP contribution in [0.4, 0.5) is 0 Å². The topological polar surface area (TPSA) is 265 Å². The standard InChI is InChI=1S/C34H46O17/c1-12(31(3,4)45)7-18(37)50-24-26-33-11-47-34(26,30(44)46-6)27(42)22(41)25(33)32(5)9-15(36)23(13(2)14(32)8-17(33)49-28(24)43)51-29-21(40)20(39)19(38)16(10-35)48-29/h7,14,16-17,19-22,24-27,29,35,38-42,45H,8-11H2,1-6H3/b12-7+/t14-,16+,17+,19+,20-,21+,22+,24+,25+,26+,27-,29+,32-,33+,34-/m0/s1. The van der Waals surface area contributed by atoms with Gasteiger partial charge in [0.25, 0.3) is 0 Å². The first kappa shape index (κ1) is 37.7. The Morgan fingerprint density at radius 2 is 1.71 bits per heavy atom. The highest BCUT2D eigenvalue weighted by Gasteiger charge is 2.85. The third-order valence-electron chi connectivity index (χ3n) is 12.4. The van der Waals surface area contributed by atoms with Crippen molar-refractivity contribution >= 4 is 23.7 Å². The molecule has 0 aromatic heterocycles. The predicted molar refractivity (Wildman–Crippen MR) is 165 cm³/mol. The van der Waals surface area contributed by atoms with E-state index in [-0.39, 0.29) is 30.8 Å². The highest BCUT2D eigenvalue weighted by atomic mass is 16.7. The SMILES string of the molecule is COC(=O)[C@@]12OC[C@]34[C@H]([C@@H](O)[C@@H]1O)[C@@]1(C)CC(=O)C(O[C@H]5O[C@H](CO)[C@@H](O)[C@H](O)[C@H]5O)=C(C)[C@@H]1C[C@H]3OC(=O)[C@H](OC(=O)/C=C(\C)C(C)(C)O)[C@@H]24. The number of aliphatic hydroxyl groups is 7. The van der Waals surface area contributed by atoms with E-state index in [4.69, 9.17) is 28.4 Å². The quantitative estimate of drug-likeness (QED) is 0.0814. The molecule has 3 saturated heterocycles. The fourth-order valence-electron chi connectivity index (χ4n) is 9.80. The van der Waals surface area contributed by atoms with Gasteiger partial charge in [0.1, 0.15) is 36.6 Å². The molecule has 0 aromatic rings. The molecule has 0 unspecified atom stereocenters. The van der Waals surface area contributed by atoms with Gasteiger partial charge in [-0.25, -0.2) is 14.4 Å². The zero-order valence-electron chi connectivity index (χ0n) is 29.0. The van der Waals surface area contributed by atoms with Gasteiger partial charge in [-0.05, 0) is 56.6 Å². The lowest BCUT2D eigenvalue weighted by Crippen LogP contribution is -2.79. The second kappa shape index (κ2) is 12.6. The Bertz CT molecular complexity index is 1550. The third kappa shape index (κ3) is 5.22. The molecule has 6 aliphatic rings. The van der Waals surface area contributed by atoms with Gasteiger partial charge in [0.15, 0.2) is 11.5 Å². The van der Waals surface area contributed by atoms with E-state index in [1.54, 1.807) is 13.8 Å². The van der Waals surface area contributed by atoms with Gasteiger partial charge in [0, 0.05) is 23.8 Å². The number of rotatable bonds is 7. The van der Waals surface area contributed by atoms with Crippen LogP contribution in [-0.4, -0.2) is 146 Å². The number of allylic oxidation sites excluding steroid dienone is 2. The number of hydrogen-bond acceptors (Lipinski definition) is 17. The molecule has 3 aliphatic heterocycles. The van der Waals surface area contributed by atoms with Crippen molar-refractivity contribution in [2.75, 3.05) is 20.3 Å². The Hall–Kier alpha value is -3.00. The molecule has 3 aliphatic carbocycles. The molecule has 15 atom stereocenters. The van der Waals surface area contributed by atoms with Crippen LogP contribution in [0.15, 0.2) is 23.0 Å². The summed E-state index contributed by atoms with van der Waals surface area (Å²) in [7, 11) is 1.04. The minimum atomic E-state index is -2.38. The molecule has 0 aromatic carbocycles. The lowest BCUT2D eigenvalue weighted by atomic mass is 9.38. The van der Waals surface area contributed by atoms with E-state index < -0.39 is 125 Å². The Morgan fingerprint density at radius 1 is 1.04 bits per heavy atom. The number of esters is 3. The van der Waals surface area contributed by atoms with Gasteiger partial charge in [-0.2, -0.15) is 0 Å². The van der Waals surface area contributed by atoms with Gasteiger partial charge in [-0.1, -0.05) is 6.92 Å². The second-order valence-electron chi connectivity index (χ2n) is 15.5. The van der Waals surface area contributed by atoms with E-state index in [0.29, 0.717) is 5.57 Å². The van der Waals surface area contributed by atoms with Crippen molar-refractivity contribution in [1.82, 2.24) is 0 Å². The zero-order valence-corrected chi connectivity index (χ0v) is 29.0. The molecule has 1 spiro atoms. The maximum absolute atomic E-state index is 14.0. The monoisotopic (exact) mass is 726 g/mol. The van der Waals surface area contributed by atoms with E-state index in [1.807, 2.05) is 0 Å². The Kier molecular flexibility index (Phi) is 9.29. The lowest BCUT2D eigenvalue weighted by Gasteiger charge is -2.67. The number of hydrogen-bond donors (Lipinski definition) is 7. The average Bonchev–Trinajstić information content (AvgIpc) is 3.36. The largest absolute Gasteiger partial charge is 0.467 e. The van der Waals surface area contributed by atoms with Crippen molar-refractivity contribution in [3.05, 3.63) is 23.0 Å². The summed E-state index contributed by atoms with van der Waals surface area (Å²) >= 11 is 0. The van der Waals surface area contributed by atoms with E-state index in [0.717, 1.165) is 13.2 Å². The smallest absolute Gasteiger partial charge is 0.348 e. The lowest BCUT2D eigenvalue weighted by molar-refractivity contribution is -0.296. The van der Waals surface area contributed by atoms with Crippen LogP contribution in [0.3, 0.4) is 0 Å². The molecular weight excluding hydrogens is 680 g/mol. The van der Waals surface area contributed by atoms with E-state index >= 15 is 0 Å². The fourth-order valence-corrected chi connectivity index (χ4v) is 9.80. The molecular formula is C34H46O17. The number of ketones is 1. The number of ether oxygens (including phenoxy) is 6. The van der Waals surface area contributed by atoms with Crippen molar-refractivity contribution in [3.63, 3.8) is 0 Å². The van der Waals surface area contributed by atoms with Crippen molar-refractivity contribution in [1.29, 1.82) is 0 Å². The van der Waals surface area contributed by atoms with E-state index in [2.05, 4.69) is 0 Å². The van der Waals surface area contributed by atoms with Crippen LogP contribution in [0.5, 0.6) is 0 Å². The summed E-state index contributed by atoms with van der Waals surface area (Å²) in [6.45, 7) is 6.55. The zero-order chi connectivity index (χ0) is 37.7.